The molecular weight excluding hydrogens is 158 g/mol. The van der Waals surface area contributed by atoms with Crippen molar-refractivity contribution < 1.29 is 0 Å². The van der Waals surface area contributed by atoms with E-state index < -0.39 is 0 Å². The number of hydrogen-bond donors (Lipinski definition) is 1. The topological polar surface area (TPSA) is 12.0 Å². The van der Waals surface area contributed by atoms with Gasteiger partial charge in [0.2, 0.25) is 0 Å². The highest BCUT2D eigenvalue weighted by atomic mass is 14.9. The summed E-state index contributed by atoms with van der Waals surface area (Å²) in [6.45, 7) is 4.66. The zero-order valence-corrected chi connectivity index (χ0v) is 8.22. The van der Waals surface area contributed by atoms with E-state index in [2.05, 4.69) is 42.6 Å². The number of piperidine rings is 1. The Labute approximate surface area is 80.2 Å². The molecule has 0 saturated carbocycles. The minimum Gasteiger partial charge on any atom is -0.316 e. The average Bonchev–Trinajstić information content (AvgIpc) is 2.20. The summed E-state index contributed by atoms with van der Waals surface area (Å²) >= 11 is 0. The fraction of sp³-hybridized carbons (Fsp3) is 0.500. The van der Waals surface area contributed by atoms with Gasteiger partial charge in [-0.3, -0.25) is 0 Å². The highest BCUT2D eigenvalue weighted by molar-refractivity contribution is 5.25. The number of benzene rings is 1. The van der Waals surface area contributed by atoms with Crippen molar-refractivity contribution in [3.05, 3.63) is 35.9 Å². The fourth-order valence-corrected chi connectivity index (χ4v) is 2.14. The Morgan fingerprint density at radius 2 is 2.00 bits per heavy atom. The third-order valence-corrected chi connectivity index (χ3v) is 3.07. The standard InChI is InChI=1S/C12H17N/c1-12(8-5-9-13-10-12)11-6-3-2-4-7-11/h2-4,6-7,13H,5,8-10H2,1H3/t12-/m0/s1. The van der Waals surface area contributed by atoms with Crippen molar-refractivity contribution in [1.29, 1.82) is 0 Å². The maximum Gasteiger partial charge on any atom is 0.00500 e. The van der Waals surface area contributed by atoms with E-state index in [1.807, 2.05) is 0 Å². The van der Waals surface area contributed by atoms with Gasteiger partial charge in [0, 0.05) is 12.0 Å². The number of rotatable bonds is 1. The Bertz CT molecular complexity index is 260. The van der Waals surface area contributed by atoms with Gasteiger partial charge in [-0.2, -0.15) is 0 Å². The monoisotopic (exact) mass is 175 g/mol. The molecule has 1 saturated heterocycles. The molecule has 0 radical (unpaired) electrons. The van der Waals surface area contributed by atoms with Gasteiger partial charge < -0.3 is 5.32 Å². The van der Waals surface area contributed by atoms with Crippen LogP contribution in [-0.2, 0) is 5.41 Å². The first-order valence-corrected chi connectivity index (χ1v) is 5.07. The molecule has 0 bridgehead atoms. The van der Waals surface area contributed by atoms with Gasteiger partial charge in [0.1, 0.15) is 0 Å². The Kier molecular flexibility index (Phi) is 2.36. The highest BCUT2D eigenvalue weighted by Crippen LogP contribution is 2.29. The zero-order valence-electron chi connectivity index (χ0n) is 8.22. The maximum absolute atomic E-state index is 3.47. The summed E-state index contributed by atoms with van der Waals surface area (Å²) in [5, 5.41) is 3.47. The Morgan fingerprint density at radius 1 is 1.23 bits per heavy atom. The first kappa shape index (κ1) is 8.76. The van der Waals surface area contributed by atoms with Crippen LogP contribution in [0, 0.1) is 0 Å². The van der Waals surface area contributed by atoms with Crippen LogP contribution >= 0.6 is 0 Å². The molecule has 70 valence electrons. The van der Waals surface area contributed by atoms with Crippen molar-refractivity contribution in [2.45, 2.75) is 25.2 Å². The van der Waals surface area contributed by atoms with Gasteiger partial charge in [0.15, 0.2) is 0 Å². The molecule has 1 N–H and O–H groups in total. The van der Waals surface area contributed by atoms with Gasteiger partial charge in [0.25, 0.3) is 0 Å². The summed E-state index contributed by atoms with van der Waals surface area (Å²) in [5.41, 5.74) is 1.83. The fourth-order valence-electron chi connectivity index (χ4n) is 2.14. The van der Waals surface area contributed by atoms with E-state index in [0.29, 0.717) is 5.41 Å². The second-order valence-electron chi connectivity index (χ2n) is 4.21. The van der Waals surface area contributed by atoms with Crippen LogP contribution in [0.1, 0.15) is 25.3 Å². The van der Waals surface area contributed by atoms with E-state index in [9.17, 15) is 0 Å². The lowest BCUT2D eigenvalue weighted by Crippen LogP contribution is -2.40. The minimum absolute atomic E-state index is 0.361. The molecule has 1 atom stereocenters. The summed E-state index contributed by atoms with van der Waals surface area (Å²) in [4.78, 5) is 0. The first-order valence-electron chi connectivity index (χ1n) is 5.07. The van der Waals surface area contributed by atoms with Crippen LogP contribution in [0.4, 0.5) is 0 Å². The molecule has 1 heteroatoms. The molecule has 0 unspecified atom stereocenters. The molecule has 1 aliphatic heterocycles. The Balaban J connectivity index is 2.23. The van der Waals surface area contributed by atoms with Gasteiger partial charge in [-0.1, -0.05) is 37.3 Å². The molecule has 0 aromatic heterocycles. The van der Waals surface area contributed by atoms with E-state index in [4.69, 9.17) is 0 Å². The lowest BCUT2D eigenvalue weighted by Gasteiger charge is -2.34. The quantitative estimate of drug-likeness (QED) is 0.690. The first-order chi connectivity index (χ1) is 6.31. The zero-order chi connectivity index (χ0) is 9.15. The van der Waals surface area contributed by atoms with Gasteiger partial charge in [-0.15, -0.1) is 0 Å². The minimum atomic E-state index is 0.361. The van der Waals surface area contributed by atoms with Crippen LogP contribution in [-0.4, -0.2) is 13.1 Å². The van der Waals surface area contributed by atoms with Crippen molar-refractivity contribution in [1.82, 2.24) is 5.32 Å². The molecule has 1 aliphatic rings. The number of nitrogens with one attached hydrogen (secondary N) is 1. The van der Waals surface area contributed by atoms with Crippen LogP contribution in [0.5, 0.6) is 0 Å². The summed E-state index contributed by atoms with van der Waals surface area (Å²) in [6.07, 6.45) is 2.61. The third-order valence-electron chi connectivity index (χ3n) is 3.07. The van der Waals surface area contributed by atoms with E-state index in [1.165, 1.54) is 24.9 Å². The van der Waals surface area contributed by atoms with Crippen molar-refractivity contribution in [3.8, 4) is 0 Å². The summed E-state index contributed by atoms with van der Waals surface area (Å²) < 4.78 is 0. The summed E-state index contributed by atoms with van der Waals surface area (Å²) in [7, 11) is 0. The van der Waals surface area contributed by atoms with E-state index in [1.54, 1.807) is 0 Å². The van der Waals surface area contributed by atoms with Crippen molar-refractivity contribution in [2.24, 2.45) is 0 Å². The Hall–Kier alpha value is -0.820. The number of hydrogen-bond acceptors (Lipinski definition) is 1. The van der Waals surface area contributed by atoms with Crippen LogP contribution in [0.2, 0.25) is 0 Å². The van der Waals surface area contributed by atoms with E-state index in [-0.39, 0.29) is 0 Å². The SMILES string of the molecule is C[C@]1(c2ccccc2)CCCNC1. The van der Waals surface area contributed by atoms with Crippen molar-refractivity contribution in [3.63, 3.8) is 0 Å². The van der Waals surface area contributed by atoms with Crippen LogP contribution in [0.3, 0.4) is 0 Å². The highest BCUT2D eigenvalue weighted by Gasteiger charge is 2.27. The maximum atomic E-state index is 3.47. The lowest BCUT2D eigenvalue weighted by molar-refractivity contribution is 0.339. The van der Waals surface area contributed by atoms with E-state index in [0.717, 1.165) is 6.54 Å². The molecule has 2 rings (SSSR count). The van der Waals surface area contributed by atoms with Crippen LogP contribution in [0.15, 0.2) is 30.3 Å². The predicted molar refractivity (Wildman–Crippen MR) is 55.9 cm³/mol. The molecule has 1 aromatic carbocycles. The lowest BCUT2D eigenvalue weighted by atomic mass is 9.77. The second kappa shape index (κ2) is 3.51. The van der Waals surface area contributed by atoms with Crippen molar-refractivity contribution >= 4 is 0 Å². The summed E-state index contributed by atoms with van der Waals surface area (Å²) in [6, 6.07) is 10.8. The second-order valence-corrected chi connectivity index (χ2v) is 4.21. The predicted octanol–water partition coefficient (Wildman–Crippen LogP) is 2.33. The molecule has 1 nitrogen and oxygen atoms in total. The molecule has 1 fully saturated rings. The van der Waals surface area contributed by atoms with E-state index >= 15 is 0 Å². The molecule has 1 heterocycles. The third kappa shape index (κ3) is 1.75. The molecule has 1 aromatic rings. The Morgan fingerprint density at radius 3 is 2.62 bits per heavy atom. The molecule has 0 amide bonds. The van der Waals surface area contributed by atoms with Gasteiger partial charge in [-0.05, 0) is 24.9 Å². The van der Waals surface area contributed by atoms with Gasteiger partial charge in [0.05, 0.1) is 0 Å². The smallest absolute Gasteiger partial charge is 0.00500 e. The van der Waals surface area contributed by atoms with Gasteiger partial charge in [-0.25, -0.2) is 0 Å². The molecule has 0 aliphatic carbocycles. The van der Waals surface area contributed by atoms with Crippen molar-refractivity contribution in [2.75, 3.05) is 13.1 Å². The largest absolute Gasteiger partial charge is 0.316 e. The van der Waals surface area contributed by atoms with Crippen LogP contribution < -0.4 is 5.32 Å². The summed E-state index contributed by atoms with van der Waals surface area (Å²) in [5.74, 6) is 0. The van der Waals surface area contributed by atoms with Crippen LogP contribution in [0.25, 0.3) is 0 Å². The molecular formula is C12H17N. The normalized spacial score (nSPS) is 28.7. The molecule has 0 spiro atoms. The van der Waals surface area contributed by atoms with Gasteiger partial charge >= 0.3 is 0 Å². The molecule has 13 heavy (non-hydrogen) atoms. The average molecular weight is 175 g/mol.